The molecule has 0 unspecified atom stereocenters. The van der Waals surface area contributed by atoms with E-state index in [4.69, 9.17) is 11.6 Å². The summed E-state index contributed by atoms with van der Waals surface area (Å²) >= 11 is 5.89. The first-order chi connectivity index (χ1) is 9.97. The van der Waals surface area contributed by atoms with Gasteiger partial charge in [0, 0.05) is 18.3 Å². The van der Waals surface area contributed by atoms with Crippen LogP contribution < -0.4 is 5.32 Å². The molecule has 1 heterocycles. The smallest absolute Gasteiger partial charge is 0.270 e. The van der Waals surface area contributed by atoms with Gasteiger partial charge in [-0.25, -0.2) is 9.97 Å². The number of aromatic nitrogens is 2. The number of aryl methyl sites for hydroxylation is 1. The van der Waals surface area contributed by atoms with Gasteiger partial charge in [-0.2, -0.15) is 0 Å². The summed E-state index contributed by atoms with van der Waals surface area (Å²) < 4.78 is 0. The topological polar surface area (TPSA) is 98.0 Å². The molecule has 7 nitrogen and oxygen atoms in total. The van der Waals surface area contributed by atoms with Gasteiger partial charge in [0.05, 0.1) is 27.7 Å². The summed E-state index contributed by atoms with van der Waals surface area (Å²) in [6.45, 7) is 1.92. The Bertz CT molecular complexity index is 706. The quantitative estimate of drug-likeness (QED) is 0.690. The highest BCUT2D eigenvalue weighted by Gasteiger charge is 2.15. The molecule has 0 spiro atoms. The number of nitrogens with zero attached hydrogens (tertiary/aromatic N) is 3. The first kappa shape index (κ1) is 14.9. The van der Waals surface area contributed by atoms with E-state index in [2.05, 4.69) is 15.3 Å². The van der Waals surface area contributed by atoms with E-state index in [0.29, 0.717) is 11.5 Å². The molecule has 1 aromatic carbocycles. The molecule has 0 saturated carbocycles. The molecule has 0 saturated heterocycles. The van der Waals surface area contributed by atoms with Crippen LogP contribution in [0.25, 0.3) is 0 Å². The number of amides is 1. The lowest BCUT2D eigenvalue weighted by atomic mass is 10.2. The molecule has 8 heteroatoms. The number of nitrogens with one attached hydrogen (secondary N) is 1. The van der Waals surface area contributed by atoms with Crippen LogP contribution >= 0.6 is 11.6 Å². The van der Waals surface area contributed by atoms with Crippen LogP contribution in [0.5, 0.6) is 0 Å². The van der Waals surface area contributed by atoms with Gasteiger partial charge in [-0.3, -0.25) is 14.9 Å². The maximum absolute atomic E-state index is 12.0. The molecular weight excluding hydrogens is 296 g/mol. The first-order valence-corrected chi connectivity index (χ1v) is 6.36. The minimum atomic E-state index is -0.582. The summed E-state index contributed by atoms with van der Waals surface area (Å²) in [6.07, 6.45) is 1.59. The zero-order valence-corrected chi connectivity index (χ0v) is 11.8. The van der Waals surface area contributed by atoms with Gasteiger partial charge in [-0.15, -0.1) is 0 Å². The van der Waals surface area contributed by atoms with Crippen LogP contribution in [0.4, 0.5) is 5.69 Å². The zero-order valence-electron chi connectivity index (χ0n) is 11.0. The van der Waals surface area contributed by atoms with Crippen LogP contribution in [0.1, 0.15) is 21.9 Å². The summed E-state index contributed by atoms with van der Waals surface area (Å²) in [5.74, 6) is 0.0927. The highest BCUT2D eigenvalue weighted by atomic mass is 35.5. The third-order valence-electron chi connectivity index (χ3n) is 2.67. The predicted octanol–water partition coefficient (Wildman–Crippen LogP) is 2.28. The van der Waals surface area contributed by atoms with Crippen LogP contribution in [0.3, 0.4) is 0 Å². The second-order valence-corrected chi connectivity index (χ2v) is 4.61. The number of hydrogen-bond donors (Lipinski definition) is 1. The molecule has 0 atom stereocenters. The van der Waals surface area contributed by atoms with Gasteiger partial charge in [0.15, 0.2) is 0 Å². The van der Waals surface area contributed by atoms with Crippen molar-refractivity contribution in [2.75, 3.05) is 0 Å². The minimum absolute atomic E-state index is 0.0524. The number of non-ortho nitro benzene ring substituents is 1. The lowest BCUT2D eigenvalue weighted by Gasteiger charge is -2.06. The van der Waals surface area contributed by atoms with Crippen LogP contribution in [-0.4, -0.2) is 20.8 Å². The van der Waals surface area contributed by atoms with Crippen molar-refractivity contribution in [2.45, 2.75) is 13.5 Å². The number of rotatable bonds is 4. The average Bonchev–Trinajstić information content (AvgIpc) is 2.45. The Labute approximate surface area is 125 Å². The Morgan fingerprint density at radius 2 is 2.19 bits per heavy atom. The average molecular weight is 307 g/mol. The summed E-state index contributed by atoms with van der Waals surface area (Å²) in [6, 6.07) is 5.38. The fourth-order valence-corrected chi connectivity index (χ4v) is 1.87. The molecule has 2 rings (SSSR count). The van der Waals surface area contributed by atoms with Crippen LogP contribution in [0, 0.1) is 17.0 Å². The van der Waals surface area contributed by atoms with Gasteiger partial charge < -0.3 is 5.32 Å². The predicted molar refractivity (Wildman–Crippen MR) is 76.0 cm³/mol. The summed E-state index contributed by atoms with van der Waals surface area (Å²) in [5.41, 5.74) is 0.497. The second-order valence-electron chi connectivity index (χ2n) is 4.20. The third-order valence-corrected chi connectivity index (χ3v) is 3.00. The van der Waals surface area contributed by atoms with Gasteiger partial charge in [0.1, 0.15) is 5.82 Å². The van der Waals surface area contributed by atoms with E-state index in [1.807, 2.05) is 0 Å². The van der Waals surface area contributed by atoms with Crippen molar-refractivity contribution in [3.8, 4) is 0 Å². The number of nitro groups is 1. The van der Waals surface area contributed by atoms with E-state index in [-0.39, 0.29) is 22.8 Å². The van der Waals surface area contributed by atoms with Crippen molar-refractivity contribution in [1.29, 1.82) is 0 Å². The molecule has 21 heavy (non-hydrogen) atoms. The number of hydrogen-bond acceptors (Lipinski definition) is 5. The van der Waals surface area contributed by atoms with Crippen molar-refractivity contribution < 1.29 is 9.72 Å². The molecule has 0 fully saturated rings. The molecule has 0 aliphatic heterocycles. The van der Waals surface area contributed by atoms with E-state index in [0.717, 1.165) is 6.07 Å². The molecule has 1 aromatic heterocycles. The minimum Gasteiger partial charge on any atom is -0.346 e. The SMILES string of the molecule is Cc1nccc(CNC(=O)c2cc([N+](=O)[O-])ccc2Cl)n1. The second kappa shape index (κ2) is 6.27. The number of nitro benzene ring substituents is 1. The van der Waals surface area contributed by atoms with Crippen LogP contribution in [0.15, 0.2) is 30.5 Å². The number of benzene rings is 1. The van der Waals surface area contributed by atoms with Gasteiger partial charge in [-0.1, -0.05) is 11.6 Å². The fraction of sp³-hybridized carbons (Fsp3) is 0.154. The molecular formula is C13H11ClN4O3. The molecule has 1 N–H and O–H groups in total. The van der Waals surface area contributed by atoms with Crippen molar-refractivity contribution in [3.63, 3.8) is 0 Å². The normalized spacial score (nSPS) is 10.2. The van der Waals surface area contributed by atoms with Crippen molar-refractivity contribution in [3.05, 3.63) is 62.7 Å². The van der Waals surface area contributed by atoms with Crippen molar-refractivity contribution in [2.24, 2.45) is 0 Å². The highest BCUT2D eigenvalue weighted by molar-refractivity contribution is 6.33. The Morgan fingerprint density at radius 3 is 2.86 bits per heavy atom. The van der Waals surface area contributed by atoms with E-state index in [9.17, 15) is 14.9 Å². The maximum Gasteiger partial charge on any atom is 0.270 e. The fourth-order valence-electron chi connectivity index (χ4n) is 1.67. The molecule has 0 aliphatic rings. The Hall–Kier alpha value is -2.54. The van der Waals surface area contributed by atoms with Gasteiger partial charge >= 0.3 is 0 Å². The van der Waals surface area contributed by atoms with Gasteiger partial charge in [0.2, 0.25) is 0 Å². The molecule has 108 valence electrons. The standard InChI is InChI=1S/C13H11ClN4O3/c1-8-15-5-4-9(17-8)7-16-13(19)11-6-10(18(20)21)2-3-12(11)14/h2-6H,7H2,1H3,(H,16,19). The lowest BCUT2D eigenvalue weighted by molar-refractivity contribution is -0.384. The molecule has 2 aromatic rings. The molecule has 0 bridgehead atoms. The van der Waals surface area contributed by atoms with E-state index in [1.165, 1.54) is 12.1 Å². The van der Waals surface area contributed by atoms with E-state index in [1.54, 1.807) is 19.2 Å². The monoisotopic (exact) mass is 306 g/mol. The Balaban J connectivity index is 2.13. The Kier molecular flexibility index (Phi) is 4.44. The third kappa shape index (κ3) is 3.73. The van der Waals surface area contributed by atoms with E-state index >= 15 is 0 Å². The molecule has 1 amide bonds. The van der Waals surface area contributed by atoms with Crippen LogP contribution in [0.2, 0.25) is 5.02 Å². The van der Waals surface area contributed by atoms with Crippen LogP contribution in [-0.2, 0) is 6.54 Å². The van der Waals surface area contributed by atoms with Gasteiger partial charge in [-0.05, 0) is 19.1 Å². The number of halogens is 1. The maximum atomic E-state index is 12.0. The zero-order chi connectivity index (χ0) is 15.4. The van der Waals surface area contributed by atoms with Crippen molar-refractivity contribution in [1.82, 2.24) is 15.3 Å². The summed E-state index contributed by atoms with van der Waals surface area (Å²) in [5, 5.41) is 13.5. The first-order valence-electron chi connectivity index (χ1n) is 5.98. The molecule has 0 radical (unpaired) electrons. The van der Waals surface area contributed by atoms with Crippen molar-refractivity contribution >= 4 is 23.2 Å². The summed E-state index contributed by atoms with van der Waals surface area (Å²) in [7, 11) is 0. The number of carbonyl (C=O) groups excluding carboxylic acids is 1. The van der Waals surface area contributed by atoms with Gasteiger partial charge in [0.25, 0.3) is 11.6 Å². The number of carbonyl (C=O) groups is 1. The van der Waals surface area contributed by atoms with E-state index < -0.39 is 10.8 Å². The Morgan fingerprint density at radius 1 is 1.43 bits per heavy atom. The molecule has 0 aliphatic carbocycles. The summed E-state index contributed by atoms with van der Waals surface area (Å²) in [4.78, 5) is 30.3. The lowest BCUT2D eigenvalue weighted by Crippen LogP contribution is -2.24. The highest BCUT2D eigenvalue weighted by Crippen LogP contribution is 2.21. The largest absolute Gasteiger partial charge is 0.346 e.